The third kappa shape index (κ3) is 6.83. The van der Waals surface area contributed by atoms with E-state index in [9.17, 15) is 9.59 Å². The molecule has 5 saturated heterocycles. The van der Waals surface area contributed by atoms with Crippen molar-refractivity contribution in [2.45, 2.75) is 115 Å². The molecule has 0 aromatic rings. The van der Waals surface area contributed by atoms with E-state index in [4.69, 9.17) is 5.73 Å². The van der Waals surface area contributed by atoms with E-state index >= 15 is 8.78 Å². The molecule has 49 heavy (non-hydrogen) atoms. The Bertz CT molecular complexity index is 1250. The normalized spacial score (nSPS) is 45.0. The van der Waals surface area contributed by atoms with Crippen LogP contribution in [-0.2, 0) is 9.59 Å². The van der Waals surface area contributed by atoms with Crippen LogP contribution in [0.2, 0.25) is 0 Å². The van der Waals surface area contributed by atoms with Crippen molar-refractivity contribution in [2.75, 3.05) is 73.0 Å². The number of quaternary nitrogens is 2. The molecule has 5 N–H and O–H groups in total. The summed E-state index contributed by atoms with van der Waals surface area (Å²) in [6.45, 7) is 15.4. The molecule has 0 aromatic carbocycles. The van der Waals surface area contributed by atoms with Gasteiger partial charge >= 0.3 is 0 Å². The maximum absolute atomic E-state index is 16.7. The molecule has 12 heteroatoms. The number of halogens is 2. The number of hydrogen-bond acceptors (Lipinski definition) is 6. The molecule has 12 atom stereocenters. The highest BCUT2D eigenvalue weighted by Gasteiger charge is 2.69. The molecular weight excluding hydrogens is 626 g/mol. The Morgan fingerprint density at radius 1 is 1.06 bits per heavy atom. The molecule has 0 aromatic heterocycles. The number of nitrogens with zero attached hydrogens (tertiary/aromatic N) is 4. The van der Waals surface area contributed by atoms with Gasteiger partial charge in [0.25, 0.3) is 0 Å². The van der Waals surface area contributed by atoms with E-state index in [1.165, 1.54) is 0 Å². The zero-order valence-corrected chi connectivity index (χ0v) is 31.1. The van der Waals surface area contributed by atoms with Gasteiger partial charge in [-0.1, -0.05) is 20.8 Å². The van der Waals surface area contributed by atoms with Crippen molar-refractivity contribution in [1.82, 2.24) is 25.8 Å². The van der Waals surface area contributed by atoms with Crippen LogP contribution in [0.4, 0.5) is 8.78 Å². The van der Waals surface area contributed by atoms with Gasteiger partial charge in [0.1, 0.15) is 31.2 Å². The number of allylic oxidation sites excluding steroid dienone is 1. The number of likely N-dealkylation sites (N-methyl/N-ethyl adjacent to an activating group) is 2. The molecule has 5 fully saturated rings. The summed E-state index contributed by atoms with van der Waals surface area (Å²) in [5.41, 5.74) is 6.66. The molecule has 0 aliphatic carbocycles. The molecule has 0 radical (unpaired) electrons. The number of carbonyl (C=O) groups excluding carboxylic acids is 2. The number of carbonyl (C=O) groups is 2. The lowest BCUT2D eigenvalue weighted by atomic mass is 9.60. The first kappa shape index (κ1) is 37.1. The molecule has 6 heterocycles. The standard InChI is InChI=1S/C37H64F2N8O2/c1-7-18-47(9-3)22-28(39)32(45-16-12-24(13-17-45)35(48)41-27-14-15-44(5)19-27)29(23-47)42-36(49)31-33-37(4)25(8-2)20-46(33,6)21-26(38)10-11-30(37)43-34(31)40/h21,24-25,27-34,43H,7-20,22-23,40H2,1-6H3/p+2. The molecule has 10 nitrogen and oxygen atoms in total. The number of nitrogens with one attached hydrogen (secondary N) is 3. The van der Waals surface area contributed by atoms with Gasteiger partial charge in [0, 0.05) is 42.3 Å². The van der Waals surface area contributed by atoms with Gasteiger partial charge in [0.2, 0.25) is 11.8 Å². The zero-order valence-electron chi connectivity index (χ0n) is 31.1. The first-order chi connectivity index (χ1) is 23.3. The van der Waals surface area contributed by atoms with Crippen molar-refractivity contribution in [1.29, 1.82) is 0 Å². The lowest BCUT2D eigenvalue weighted by Gasteiger charge is -2.55. The Balaban J connectivity index is 1.24. The topological polar surface area (TPSA) is 103 Å². The molecule has 2 amide bonds. The quantitative estimate of drug-likeness (QED) is 0.277. The van der Waals surface area contributed by atoms with Gasteiger partial charge in [0.05, 0.1) is 44.9 Å². The second-order valence-corrected chi connectivity index (χ2v) is 17.3. The molecule has 6 aliphatic rings. The van der Waals surface area contributed by atoms with Gasteiger partial charge in [-0.2, -0.15) is 0 Å². The molecule has 0 spiro atoms. The number of nitrogens with two attached hydrogens (primary N) is 1. The second-order valence-electron chi connectivity index (χ2n) is 17.3. The summed E-state index contributed by atoms with van der Waals surface area (Å²) in [6, 6.07) is -0.847. The van der Waals surface area contributed by atoms with Crippen LogP contribution in [0.15, 0.2) is 12.0 Å². The molecule has 6 rings (SSSR count). The van der Waals surface area contributed by atoms with Crippen LogP contribution in [-0.4, -0.2) is 146 Å². The van der Waals surface area contributed by atoms with Crippen molar-refractivity contribution >= 4 is 11.8 Å². The van der Waals surface area contributed by atoms with Crippen LogP contribution in [0.3, 0.4) is 0 Å². The maximum atomic E-state index is 16.7. The fraction of sp³-hybridized carbons (Fsp3) is 0.892. The van der Waals surface area contributed by atoms with Crippen LogP contribution in [0.1, 0.15) is 72.6 Å². The minimum Gasteiger partial charge on any atom is -0.352 e. The zero-order chi connectivity index (χ0) is 35.3. The highest BCUT2D eigenvalue weighted by atomic mass is 19.1. The first-order valence-corrected chi connectivity index (χ1v) is 19.5. The Kier molecular flexibility index (Phi) is 10.9. The molecule has 278 valence electrons. The summed E-state index contributed by atoms with van der Waals surface area (Å²) >= 11 is 0. The SMILES string of the molecule is CCC[N+]1(CC)CC(F)C(N2CCC(C(=O)NC3CCN(C)C3)CC2)C(NC(=O)C2C(N)NC3CCC(F)=C[N+]4(C)CC(CC)C3(C)C24)C1. The van der Waals surface area contributed by atoms with E-state index in [2.05, 4.69) is 67.5 Å². The monoisotopic (exact) mass is 693 g/mol. The van der Waals surface area contributed by atoms with Crippen molar-refractivity contribution in [3.63, 3.8) is 0 Å². The van der Waals surface area contributed by atoms with Gasteiger partial charge in [-0.05, 0) is 72.1 Å². The fourth-order valence-electron chi connectivity index (χ4n) is 11.8. The minimum atomic E-state index is -1.11. The largest absolute Gasteiger partial charge is 0.352 e. The number of rotatable bonds is 9. The Morgan fingerprint density at radius 3 is 2.43 bits per heavy atom. The summed E-state index contributed by atoms with van der Waals surface area (Å²) < 4.78 is 33.0. The van der Waals surface area contributed by atoms with E-state index < -0.39 is 30.3 Å². The van der Waals surface area contributed by atoms with Crippen LogP contribution in [0.5, 0.6) is 0 Å². The lowest BCUT2D eigenvalue weighted by Crippen LogP contribution is -2.76. The summed E-state index contributed by atoms with van der Waals surface area (Å²) in [4.78, 5) is 32.5. The Morgan fingerprint density at radius 2 is 1.80 bits per heavy atom. The Hall–Kier alpha value is -1.70. The van der Waals surface area contributed by atoms with Crippen molar-refractivity contribution in [3.8, 4) is 0 Å². The number of amides is 2. The van der Waals surface area contributed by atoms with E-state index in [0.717, 1.165) is 52.0 Å². The van der Waals surface area contributed by atoms with Gasteiger partial charge < -0.3 is 25.8 Å². The predicted molar refractivity (Wildman–Crippen MR) is 188 cm³/mol. The van der Waals surface area contributed by atoms with Gasteiger partial charge in [-0.25, -0.2) is 8.78 Å². The van der Waals surface area contributed by atoms with E-state index in [-0.39, 0.29) is 47.1 Å². The average Bonchev–Trinajstić information content (AvgIpc) is 3.57. The van der Waals surface area contributed by atoms with Gasteiger partial charge in [0.15, 0.2) is 12.0 Å². The average molecular weight is 693 g/mol. The van der Waals surface area contributed by atoms with Crippen LogP contribution >= 0.6 is 0 Å². The smallest absolute Gasteiger partial charge is 0.232 e. The van der Waals surface area contributed by atoms with E-state index in [1.54, 1.807) is 6.20 Å². The van der Waals surface area contributed by atoms with Crippen LogP contribution in [0, 0.1) is 23.2 Å². The van der Waals surface area contributed by atoms with Crippen molar-refractivity contribution < 1.29 is 27.3 Å². The highest BCUT2D eigenvalue weighted by Crippen LogP contribution is 2.56. The van der Waals surface area contributed by atoms with Crippen LogP contribution in [0.25, 0.3) is 0 Å². The van der Waals surface area contributed by atoms with Crippen molar-refractivity contribution in [3.05, 3.63) is 12.0 Å². The minimum absolute atomic E-state index is 0.0144. The van der Waals surface area contributed by atoms with E-state index in [0.29, 0.717) is 66.7 Å². The number of hydrogen-bond donors (Lipinski definition) is 4. The predicted octanol–water partition coefficient (Wildman–Crippen LogP) is 2.31. The van der Waals surface area contributed by atoms with Gasteiger partial charge in [-0.3, -0.25) is 24.3 Å². The maximum Gasteiger partial charge on any atom is 0.232 e. The second kappa shape index (κ2) is 14.4. The van der Waals surface area contributed by atoms with Crippen molar-refractivity contribution in [2.24, 2.45) is 28.9 Å². The molecule has 12 unspecified atom stereocenters. The third-order valence-corrected chi connectivity index (χ3v) is 14.2. The summed E-state index contributed by atoms with van der Waals surface area (Å²) in [5, 5.41) is 10.3. The summed E-state index contributed by atoms with van der Waals surface area (Å²) in [5.74, 6) is -0.491. The number of alkyl halides is 1. The number of likely N-dealkylation sites (tertiary alicyclic amines) is 3. The molecule has 4 bridgehead atoms. The molecule has 0 saturated carbocycles. The fourth-order valence-corrected chi connectivity index (χ4v) is 11.8. The Labute approximate surface area is 293 Å². The van der Waals surface area contributed by atoms with Crippen LogP contribution < -0.4 is 21.7 Å². The molecule has 6 aliphatic heterocycles. The van der Waals surface area contributed by atoms with Gasteiger partial charge in [-0.15, -0.1) is 0 Å². The third-order valence-electron chi connectivity index (χ3n) is 14.2. The van der Waals surface area contributed by atoms with E-state index in [1.807, 2.05) is 0 Å². The summed E-state index contributed by atoms with van der Waals surface area (Å²) in [6.07, 6.45) is 5.34. The first-order valence-electron chi connectivity index (χ1n) is 19.5. The summed E-state index contributed by atoms with van der Waals surface area (Å²) in [7, 11) is 4.16. The molecular formula is C37H66F2N8O2+2. The number of piperidine rings is 3. The highest BCUT2D eigenvalue weighted by molar-refractivity contribution is 5.81. The lowest BCUT2D eigenvalue weighted by molar-refractivity contribution is -0.934.